The SMILES string of the molecule is CCn1c(CCCC(=O)N2C[C@@H](O)C[C@@](C)(O)[C@H](n3cnc4c(N)nc(N)nc43)C2)nc2ccccc21. The van der Waals surface area contributed by atoms with E-state index in [9.17, 15) is 15.0 Å². The first-order valence-electron chi connectivity index (χ1n) is 12.6. The van der Waals surface area contributed by atoms with Gasteiger partial charge in [-0.3, -0.25) is 4.79 Å². The molecule has 0 unspecified atom stereocenters. The zero-order valence-corrected chi connectivity index (χ0v) is 21.1. The molecule has 6 N–H and O–H groups in total. The van der Waals surface area contributed by atoms with Crippen molar-refractivity contribution in [3.63, 3.8) is 0 Å². The van der Waals surface area contributed by atoms with Crippen molar-refractivity contribution in [2.24, 2.45) is 0 Å². The first-order valence-corrected chi connectivity index (χ1v) is 12.6. The summed E-state index contributed by atoms with van der Waals surface area (Å²) in [5.74, 6) is 0.985. The lowest BCUT2D eigenvalue weighted by Crippen LogP contribution is -2.42. The number of nitrogens with two attached hydrogens (primary N) is 2. The third kappa shape index (κ3) is 4.69. The molecule has 1 aliphatic rings. The van der Waals surface area contributed by atoms with Crippen LogP contribution in [0.5, 0.6) is 0 Å². The summed E-state index contributed by atoms with van der Waals surface area (Å²) in [6.45, 7) is 4.83. The molecule has 1 aliphatic heterocycles. The number of hydrogen-bond acceptors (Lipinski definition) is 9. The van der Waals surface area contributed by atoms with Crippen LogP contribution in [0.1, 0.15) is 45.0 Å². The van der Waals surface area contributed by atoms with E-state index >= 15 is 0 Å². The number of para-hydroxylation sites is 2. The zero-order chi connectivity index (χ0) is 26.3. The number of hydrogen-bond donors (Lipinski definition) is 4. The van der Waals surface area contributed by atoms with E-state index in [-0.39, 0.29) is 37.2 Å². The van der Waals surface area contributed by atoms with Crippen LogP contribution in [0.15, 0.2) is 30.6 Å². The van der Waals surface area contributed by atoms with E-state index in [1.165, 1.54) is 6.33 Å². The van der Waals surface area contributed by atoms with E-state index in [1.54, 1.807) is 16.4 Å². The van der Waals surface area contributed by atoms with Crippen LogP contribution >= 0.6 is 0 Å². The van der Waals surface area contributed by atoms with Gasteiger partial charge in [0.25, 0.3) is 0 Å². The number of amides is 1. The Morgan fingerprint density at radius 1 is 1.19 bits per heavy atom. The Morgan fingerprint density at radius 2 is 1.97 bits per heavy atom. The molecule has 3 atom stereocenters. The van der Waals surface area contributed by atoms with Crippen molar-refractivity contribution in [3.05, 3.63) is 36.4 Å². The molecule has 4 heterocycles. The van der Waals surface area contributed by atoms with Crippen LogP contribution < -0.4 is 11.5 Å². The van der Waals surface area contributed by atoms with Crippen molar-refractivity contribution in [1.82, 2.24) is 34.0 Å². The molecule has 0 saturated carbocycles. The van der Waals surface area contributed by atoms with Gasteiger partial charge in [0.15, 0.2) is 11.5 Å². The van der Waals surface area contributed by atoms with Crippen LogP contribution in [-0.2, 0) is 17.8 Å². The van der Waals surface area contributed by atoms with Gasteiger partial charge in [-0.1, -0.05) is 12.1 Å². The second kappa shape index (κ2) is 9.60. The topological polar surface area (TPSA) is 174 Å². The molecule has 1 saturated heterocycles. The van der Waals surface area contributed by atoms with Gasteiger partial charge in [0.2, 0.25) is 11.9 Å². The predicted molar refractivity (Wildman–Crippen MR) is 139 cm³/mol. The molecule has 3 aromatic heterocycles. The van der Waals surface area contributed by atoms with Crippen LogP contribution in [-0.4, -0.2) is 74.9 Å². The van der Waals surface area contributed by atoms with Gasteiger partial charge in [0, 0.05) is 38.9 Å². The highest BCUT2D eigenvalue weighted by atomic mass is 16.3. The van der Waals surface area contributed by atoms with Crippen molar-refractivity contribution in [2.45, 2.75) is 63.8 Å². The van der Waals surface area contributed by atoms with Gasteiger partial charge in [-0.15, -0.1) is 0 Å². The molecule has 0 radical (unpaired) electrons. The van der Waals surface area contributed by atoms with Crippen molar-refractivity contribution >= 4 is 39.9 Å². The van der Waals surface area contributed by atoms with Crippen molar-refractivity contribution in [2.75, 3.05) is 24.6 Å². The van der Waals surface area contributed by atoms with Gasteiger partial charge in [0.05, 0.1) is 35.1 Å². The number of carbonyl (C=O) groups excluding carboxylic acids is 1. The van der Waals surface area contributed by atoms with E-state index in [0.29, 0.717) is 30.4 Å². The molecule has 12 nitrogen and oxygen atoms in total. The third-order valence-corrected chi connectivity index (χ3v) is 7.19. The van der Waals surface area contributed by atoms with Crippen molar-refractivity contribution < 1.29 is 15.0 Å². The smallest absolute Gasteiger partial charge is 0.224 e. The molecule has 1 fully saturated rings. The van der Waals surface area contributed by atoms with Crippen LogP contribution in [0.4, 0.5) is 11.8 Å². The number of likely N-dealkylation sites (tertiary alicyclic amines) is 1. The number of aromatic nitrogens is 6. The van der Waals surface area contributed by atoms with E-state index < -0.39 is 17.7 Å². The highest BCUT2D eigenvalue weighted by molar-refractivity contribution is 5.83. The molecule has 5 rings (SSSR count). The van der Waals surface area contributed by atoms with Crippen LogP contribution in [0.3, 0.4) is 0 Å². The van der Waals surface area contributed by atoms with E-state index in [2.05, 4.69) is 32.5 Å². The summed E-state index contributed by atoms with van der Waals surface area (Å²) in [4.78, 5) is 32.2. The van der Waals surface area contributed by atoms with Gasteiger partial charge in [-0.05, 0) is 32.4 Å². The Balaban J connectivity index is 1.35. The lowest BCUT2D eigenvalue weighted by Gasteiger charge is -2.34. The molecule has 37 heavy (non-hydrogen) atoms. The van der Waals surface area contributed by atoms with Gasteiger partial charge in [-0.25, -0.2) is 9.97 Å². The molecule has 196 valence electrons. The number of aryl methyl sites for hydroxylation is 2. The highest BCUT2D eigenvalue weighted by Gasteiger charge is 2.42. The number of anilines is 2. The number of nitrogens with zero attached hydrogens (tertiary/aromatic N) is 7. The lowest BCUT2D eigenvalue weighted by atomic mass is 9.91. The molecule has 4 aromatic rings. The minimum atomic E-state index is -1.34. The molecule has 1 aromatic carbocycles. The summed E-state index contributed by atoms with van der Waals surface area (Å²) in [6.07, 6.45) is 2.29. The molecular weight excluding hydrogens is 474 g/mol. The standard InChI is InChI=1S/C25H33N9O3/c1-3-33-17-8-5-4-7-16(17)29-19(33)9-6-10-20(36)32-12-15(35)11-25(2,37)18(13-32)34-14-28-21-22(26)30-24(27)31-23(21)34/h4-5,7-8,14-15,18,35,37H,3,6,9-13H2,1-2H3,(H4,26,27,30,31)/t15-,18+,25+/m0/s1. The first-order chi connectivity index (χ1) is 17.7. The number of carbonyl (C=O) groups is 1. The summed E-state index contributed by atoms with van der Waals surface area (Å²) >= 11 is 0. The lowest BCUT2D eigenvalue weighted by molar-refractivity contribution is -0.132. The predicted octanol–water partition coefficient (Wildman–Crippen LogP) is 1.27. The Morgan fingerprint density at radius 3 is 2.76 bits per heavy atom. The fraction of sp³-hybridized carbons (Fsp3) is 0.480. The van der Waals surface area contributed by atoms with Crippen LogP contribution in [0, 0.1) is 0 Å². The van der Waals surface area contributed by atoms with Gasteiger partial charge < -0.3 is 35.7 Å². The number of nitrogen functional groups attached to an aromatic ring is 2. The van der Waals surface area contributed by atoms with Gasteiger partial charge in [0.1, 0.15) is 11.3 Å². The number of imidazole rings is 2. The second-order valence-corrected chi connectivity index (χ2v) is 9.94. The number of fused-ring (bicyclic) bond motifs is 2. The van der Waals surface area contributed by atoms with E-state index in [0.717, 1.165) is 23.4 Å². The van der Waals surface area contributed by atoms with Crippen molar-refractivity contribution in [3.8, 4) is 0 Å². The maximum absolute atomic E-state index is 13.3. The fourth-order valence-corrected chi connectivity index (χ4v) is 5.41. The minimum absolute atomic E-state index is 0.00826. The zero-order valence-electron chi connectivity index (χ0n) is 21.1. The van der Waals surface area contributed by atoms with Gasteiger partial charge >= 0.3 is 0 Å². The summed E-state index contributed by atoms with van der Waals surface area (Å²) in [6, 6.07) is 7.38. The summed E-state index contributed by atoms with van der Waals surface area (Å²) < 4.78 is 3.85. The average molecular weight is 508 g/mol. The Bertz CT molecular complexity index is 1440. The maximum atomic E-state index is 13.3. The van der Waals surface area contributed by atoms with E-state index in [1.807, 2.05) is 18.2 Å². The monoisotopic (exact) mass is 507 g/mol. The summed E-state index contributed by atoms with van der Waals surface area (Å²) in [5, 5.41) is 22.0. The molecule has 0 bridgehead atoms. The van der Waals surface area contributed by atoms with Crippen LogP contribution in [0.2, 0.25) is 0 Å². The Kier molecular flexibility index (Phi) is 6.46. The van der Waals surface area contributed by atoms with E-state index in [4.69, 9.17) is 16.5 Å². The molecular formula is C25H33N9O3. The first kappa shape index (κ1) is 24.9. The average Bonchev–Trinajstić information content (AvgIpc) is 3.38. The highest BCUT2D eigenvalue weighted by Crippen LogP contribution is 2.34. The molecule has 12 heteroatoms. The normalized spacial score (nSPS) is 22.5. The number of β-amino-alcohol motifs (C(OH)–C–C–N with tert-alkyl or cyclic N) is 1. The second-order valence-electron chi connectivity index (χ2n) is 9.94. The Labute approximate surface area is 213 Å². The molecule has 0 aliphatic carbocycles. The fourth-order valence-electron chi connectivity index (χ4n) is 5.41. The van der Waals surface area contributed by atoms with Gasteiger partial charge in [-0.2, -0.15) is 9.97 Å². The summed E-state index contributed by atoms with van der Waals surface area (Å²) in [5.41, 5.74) is 13.2. The molecule has 0 spiro atoms. The number of benzene rings is 1. The maximum Gasteiger partial charge on any atom is 0.224 e. The quantitative estimate of drug-likeness (QED) is 0.299. The minimum Gasteiger partial charge on any atom is -0.391 e. The number of rotatable bonds is 6. The number of aliphatic hydroxyl groups is 2. The van der Waals surface area contributed by atoms with Crippen LogP contribution in [0.25, 0.3) is 22.2 Å². The third-order valence-electron chi connectivity index (χ3n) is 7.19. The number of aliphatic hydroxyl groups excluding tert-OH is 1. The summed E-state index contributed by atoms with van der Waals surface area (Å²) in [7, 11) is 0. The largest absolute Gasteiger partial charge is 0.391 e. The van der Waals surface area contributed by atoms with Crippen molar-refractivity contribution in [1.29, 1.82) is 0 Å². The Hall–Kier alpha value is -3.77. The molecule has 1 amide bonds.